The Labute approximate surface area is 84.6 Å². The molecule has 0 aliphatic carbocycles. The molecule has 0 amide bonds. The first kappa shape index (κ1) is 9.37. The first-order valence-corrected chi connectivity index (χ1v) is 4.87. The lowest BCUT2D eigenvalue weighted by Crippen LogP contribution is -1.84. The molecule has 0 heterocycles. The van der Waals surface area contributed by atoms with E-state index >= 15 is 0 Å². The Kier molecular flexibility index (Phi) is 3.23. The molecule has 0 unspecified atom stereocenters. The molecule has 60 valence electrons. The number of benzene rings is 1. The van der Waals surface area contributed by atoms with E-state index < -0.39 is 0 Å². The zero-order chi connectivity index (χ0) is 8.43. The maximum absolute atomic E-state index is 5.90. The van der Waals surface area contributed by atoms with Crippen LogP contribution in [-0.4, -0.2) is 0 Å². The van der Waals surface area contributed by atoms with Crippen molar-refractivity contribution in [3.63, 3.8) is 0 Å². The van der Waals surface area contributed by atoms with Gasteiger partial charge in [0.15, 0.2) is 0 Å². The van der Waals surface area contributed by atoms with Crippen LogP contribution in [0.15, 0.2) is 18.2 Å². The molecule has 1 aromatic carbocycles. The maximum atomic E-state index is 5.90. The first-order chi connectivity index (χ1) is 5.11. The summed E-state index contributed by atoms with van der Waals surface area (Å²) < 4.78 is 0. The van der Waals surface area contributed by atoms with E-state index in [1.165, 1.54) is 0 Å². The van der Waals surface area contributed by atoms with Gasteiger partial charge in [0.2, 0.25) is 0 Å². The highest BCUT2D eigenvalue weighted by Crippen LogP contribution is 2.30. The van der Waals surface area contributed by atoms with Crippen LogP contribution in [0.1, 0.15) is 17.3 Å². The fraction of sp³-hybridized carbons (Fsp3) is 0.250. The summed E-state index contributed by atoms with van der Waals surface area (Å²) in [6.45, 7) is 2.01. The number of hydrogen-bond acceptors (Lipinski definition) is 0. The second-order valence-electron chi connectivity index (χ2n) is 2.28. The van der Waals surface area contributed by atoms with E-state index in [9.17, 15) is 0 Å². The Morgan fingerprint density at radius 1 is 1.36 bits per heavy atom. The Morgan fingerprint density at radius 3 is 2.45 bits per heavy atom. The third kappa shape index (κ3) is 2.36. The molecule has 11 heavy (non-hydrogen) atoms. The van der Waals surface area contributed by atoms with Crippen LogP contribution in [0.2, 0.25) is 10.0 Å². The second kappa shape index (κ2) is 3.79. The Morgan fingerprint density at radius 2 is 2.00 bits per heavy atom. The molecule has 0 nitrogen and oxygen atoms in total. The van der Waals surface area contributed by atoms with Crippen LogP contribution in [0, 0.1) is 0 Å². The highest BCUT2D eigenvalue weighted by molar-refractivity contribution is 9.09. The molecule has 1 rings (SSSR count). The van der Waals surface area contributed by atoms with Crippen molar-refractivity contribution in [1.82, 2.24) is 0 Å². The molecule has 0 aromatic heterocycles. The van der Waals surface area contributed by atoms with Crippen LogP contribution in [-0.2, 0) is 0 Å². The standard InChI is InChI=1S/C8H7BrCl2/c1-5(9)7-4-6(10)2-3-8(7)11/h2-5H,1H3/t5-/m1/s1. The zero-order valence-corrected chi connectivity index (χ0v) is 9.04. The number of halogens is 3. The van der Waals surface area contributed by atoms with Crippen molar-refractivity contribution < 1.29 is 0 Å². The fourth-order valence-corrected chi connectivity index (χ4v) is 1.79. The van der Waals surface area contributed by atoms with E-state index in [0.717, 1.165) is 15.6 Å². The third-order valence-corrected chi connectivity index (χ3v) is 2.46. The predicted octanol–water partition coefficient (Wildman–Crippen LogP) is 4.45. The molecular formula is C8H7BrCl2. The van der Waals surface area contributed by atoms with Gasteiger partial charge in [-0.2, -0.15) is 0 Å². The minimum atomic E-state index is 0.244. The maximum Gasteiger partial charge on any atom is 0.0450 e. The van der Waals surface area contributed by atoms with E-state index in [4.69, 9.17) is 23.2 Å². The second-order valence-corrected chi connectivity index (χ2v) is 4.50. The Bertz CT molecular complexity index is 258. The molecule has 0 N–H and O–H groups in total. The summed E-state index contributed by atoms with van der Waals surface area (Å²) in [5, 5.41) is 1.47. The number of hydrogen-bond donors (Lipinski definition) is 0. The minimum absolute atomic E-state index is 0.244. The van der Waals surface area contributed by atoms with Crippen molar-refractivity contribution in [3.8, 4) is 0 Å². The van der Waals surface area contributed by atoms with Crippen molar-refractivity contribution >= 4 is 39.1 Å². The lowest BCUT2D eigenvalue weighted by atomic mass is 10.2. The molecular weight excluding hydrogens is 247 g/mol. The van der Waals surface area contributed by atoms with Crippen molar-refractivity contribution in [3.05, 3.63) is 33.8 Å². The summed E-state index contributed by atoms with van der Waals surface area (Å²) in [6, 6.07) is 5.45. The molecule has 1 atom stereocenters. The Hall–Kier alpha value is 0.280. The molecule has 0 saturated heterocycles. The largest absolute Gasteiger partial charge is 0.0843 e. The van der Waals surface area contributed by atoms with Gasteiger partial charge in [-0.25, -0.2) is 0 Å². The van der Waals surface area contributed by atoms with Gasteiger partial charge in [-0.05, 0) is 30.7 Å². The van der Waals surface area contributed by atoms with Crippen molar-refractivity contribution in [2.24, 2.45) is 0 Å². The van der Waals surface area contributed by atoms with Gasteiger partial charge in [-0.1, -0.05) is 39.1 Å². The Balaban J connectivity index is 3.13. The molecule has 0 aliphatic rings. The summed E-state index contributed by atoms with van der Waals surface area (Å²) in [7, 11) is 0. The molecule has 0 fully saturated rings. The summed E-state index contributed by atoms with van der Waals surface area (Å²) in [6.07, 6.45) is 0. The van der Waals surface area contributed by atoms with Gasteiger partial charge in [0, 0.05) is 14.9 Å². The van der Waals surface area contributed by atoms with Gasteiger partial charge in [0.1, 0.15) is 0 Å². The summed E-state index contributed by atoms with van der Waals surface area (Å²) >= 11 is 15.1. The zero-order valence-electron chi connectivity index (χ0n) is 5.94. The van der Waals surface area contributed by atoms with Gasteiger partial charge in [0.25, 0.3) is 0 Å². The lowest BCUT2D eigenvalue weighted by molar-refractivity contribution is 1.12. The van der Waals surface area contributed by atoms with Crippen LogP contribution in [0.25, 0.3) is 0 Å². The molecule has 1 aromatic rings. The van der Waals surface area contributed by atoms with Gasteiger partial charge in [-0.3, -0.25) is 0 Å². The van der Waals surface area contributed by atoms with Gasteiger partial charge >= 0.3 is 0 Å². The highest BCUT2D eigenvalue weighted by atomic mass is 79.9. The van der Waals surface area contributed by atoms with Crippen LogP contribution in [0.4, 0.5) is 0 Å². The monoisotopic (exact) mass is 252 g/mol. The van der Waals surface area contributed by atoms with E-state index in [1.807, 2.05) is 13.0 Å². The average molecular weight is 254 g/mol. The first-order valence-electron chi connectivity index (χ1n) is 3.20. The van der Waals surface area contributed by atoms with E-state index in [-0.39, 0.29) is 4.83 Å². The van der Waals surface area contributed by atoms with Gasteiger partial charge in [-0.15, -0.1) is 0 Å². The minimum Gasteiger partial charge on any atom is -0.0843 e. The topological polar surface area (TPSA) is 0 Å². The lowest BCUT2D eigenvalue weighted by Gasteiger charge is -2.05. The van der Waals surface area contributed by atoms with E-state index in [1.54, 1.807) is 12.1 Å². The summed E-state index contributed by atoms with van der Waals surface area (Å²) in [4.78, 5) is 0.244. The SMILES string of the molecule is C[C@@H](Br)c1cc(Cl)ccc1Cl. The predicted molar refractivity (Wildman–Crippen MR) is 53.8 cm³/mol. The van der Waals surface area contributed by atoms with Gasteiger partial charge < -0.3 is 0 Å². The molecule has 0 saturated carbocycles. The molecule has 0 radical (unpaired) electrons. The molecule has 0 bridgehead atoms. The number of rotatable bonds is 1. The molecule has 0 spiro atoms. The van der Waals surface area contributed by atoms with Crippen molar-refractivity contribution in [2.75, 3.05) is 0 Å². The van der Waals surface area contributed by atoms with E-state index in [0.29, 0.717) is 0 Å². The normalized spacial score (nSPS) is 13.1. The summed E-state index contributed by atoms with van der Waals surface area (Å²) in [5.74, 6) is 0. The van der Waals surface area contributed by atoms with E-state index in [2.05, 4.69) is 15.9 Å². The van der Waals surface area contributed by atoms with Crippen LogP contribution >= 0.6 is 39.1 Å². The average Bonchev–Trinajstić information content (AvgIpc) is 1.94. The highest BCUT2D eigenvalue weighted by Gasteiger charge is 2.05. The van der Waals surface area contributed by atoms with Crippen LogP contribution in [0.5, 0.6) is 0 Å². The fourth-order valence-electron chi connectivity index (χ4n) is 0.819. The summed E-state index contributed by atoms with van der Waals surface area (Å²) in [5.41, 5.74) is 1.03. The third-order valence-electron chi connectivity index (χ3n) is 1.39. The van der Waals surface area contributed by atoms with Crippen LogP contribution < -0.4 is 0 Å². The van der Waals surface area contributed by atoms with Gasteiger partial charge in [0.05, 0.1) is 0 Å². The van der Waals surface area contributed by atoms with Crippen molar-refractivity contribution in [2.45, 2.75) is 11.8 Å². The number of alkyl halides is 1. The van der Waals surface area contributed by atoms with Crippen LogP contribution in [0.3, 0.4) is 0 Å². The quantitative estimate of drug-likeness (QED) is 0.649. The smallest absolute Gasteiger partial charge is 0.0450 e. The van der Waals surface area contributed by atoms with Crippen molar-refractivity contribution in [1.29, 1.82) is 0 Å². The molecule has 3 heteroatoms. The molecule has 0 aliphatic heterocycles.